The average molecular weight is 687 g/mol. The van der Waals surface area contributed by atoms with E-state index in [4.69, 9.17) is 4.74 Å². The van der Waals surface area contributed by atoms with Crippen LogP contribution >= 0.6 is 11.3 Å². The number of nitrogens with zero attached hydrogens (tertiary/aromatic N) is 2. The van der Waals surface area contributed by atoms with E-state index in [2.05, 4.69) is 204 Å². The second-order valence-corrected chi connectivity index (χ2v) is 14.4. The Morgan fingerprint density at radius 3 is 1.88 bits per heavy atom. The highest BCUT2D eigenvalue weighted by atomic mass is 32.1. The van der Waals surface area contributed by atoms with Crippen molar-refractivity contribution < 1.29 is 4.74 Å². The first-order valence-electron chi connectivity index (χ1n) is 17.8. The van der Waals surface area contributed by atoms with E-state index in [1.54, 1.807) is 0 Å². The quantitative estimate of drug-likeness (QED) is 0.166. The molecule has 1 aliphatic heterocycles. The summed E-state index contributed by atoms with van der Waals surface area (Å²) in [6, 6.07) is 63.0. The van der Waals surface area contributed by atoms with Gasteiger partial charge in [-0.1, -0.05) is 103 Å². The number of anilines is 5. The summed E-state index contributed by atoms with van der Waals surface area (Å²) in [7, 11) is 0. The summed E-state index contributed by atoms with van der Waals surface area (Å²) in [6.07, 6.45) is 6.83. The minimum absolute atomic E-state index is 0.00346. The normalized spacial score (nSPS) is 15.9. The Hall–Kier alpha value is -6.36. The summed E-state index contributed by atoms with van der Waals surface area (Å²) in [5, 5.41) is 2.49. The minimum atomic E-state index is -0.00346. The van der Waals surface area contributed by atoms with Gasteiger partial charge in [-0.05, 0) is 102 Å². The van der Waals surface area contributed by atoms with E-state index in [-0.39, 0.29) is 12.0 Å². The van der Waals surface area contributed by atoms with Gasteiger partial charge in [0.05, 0.1) is 5.69 Å². The standard InChI is InChI=1S/C48H34N2OS/c1-4-13-33(14-5-1)34-23-25-37(26-24-34)49(38-27-29-45-41(31-38)40-19-10-11-21-44(40)51-45)39-28-30-46-42(32-39)48-43(20-12-22-47(48)52-46)50(35-15-6-2-7-16-35)36-17-8-3-9-18-36/h1-32,41,45H. The number of para-hydroxylation sites is 3. The van der Waals surface area contributed by atoms with Crippen molar-refractivity contribution in [1.82, 2.24) is 0 Å². The number of benzene rings is 7. The van der Waals surface area contributed by atoms with Gasteiger partial charge in [-0.2, -0.15) is 0 Å². The Morgan fingerprint density at radius 1 is 0.500 bits per heavy atom. The van der Waals surface area contributed by atoms with E-state index in [1.807, 2.05) is 11.3 Å². The fraction of sp³-hybridized carbons (Fsp3) is 0.0417. The summed E-state index contributed by atoms with van der Waals surface area (Å²) in [5.74, 6) is 1.11. The maximum atomic E-state index is 6.37. The van der Waals surface area contributed by atoms with Crippen LogP contribution in [0.4, 0.5) is 28.4 Å². The van der Waals surface area contributed by atoms with E-state index < -0.39 is 0 Å². The molecule has 0 spiro atoms. The number of thiophene rings is 1. The van der Waals surface area contributed by atoms with Crippen molar-refractivity contribution in [1.29, 1.82) is 0 Å². The monoisotopic (exact) mass is 686 g/mol. The summed E-state index contributed by atoms with van der Waals surface area (Å²) in [5.41, 5.74) is 10.4. The molecule has 2 aliphatic rings. The molecular formula is C48H34N2OS. The molecule has 2 atom stereocenters. The highest BCUT2D eigenvalue weighted by Gasteiger charge is 2.34. The first-order valence-corrected chi connectivity index (χ1v) is 18.6. The minimum Gasteiger partial charge on any atom is -0.485 e. The van der Waals surface area contributed by atoms with Gasteiger partial charge in [0.15, 0.2) is 0 Å². The van der Waals surface area contributed by atoms with Gasteiger partial charge in [-0.15, -0.1) is 11.3 Å². The number of fused-ring (bicyclic) bond motifs is 6. The summed E-state index contributed by atoms with van der Waals surface area (Å²) in [4.78, 5) is 4.78. The predicted molar refractivity (Wildman–Crippen MR) is 219 cm³/mol. The lowest BCUT2D eigenvalue weighted by atomic mass is 9.90. The Kier molecular flexibility index (Phi) is 7.47. The lowest BCUT2D eigenvalue weighted by molar-refractivity contribution is 0.268. The van der Waals surface area contributed by atoms with Crippen LogP contribution in [0.3, 0.4) is 0 Å². The molecule has 0 N–H and O–H groups in total. The highest BCUT2D eigenvalue weighted by Crippen LogP contribution is 2.48. The molecule has 1 aromatic heterocycles. The smallest absolute Gasteiger partial charge is 0.128 e. The molecule has 2 heterocycles. The third-order valence-electron chi connectivity index (χ3n) is 10.2. The Labute approximate surface area is 307 Å². The molecule has 0 saturated heterocycles. The molecule has 0 amide bonds. The molecule has 8 aromatic rings. The molecule has 0 bridgehead atoms. The van der Waals surface area contributed by atoms with Crippen molar-refractivity contribution in [2.45, 2.75) is 12.0 Å². The summed E-state index contributed by atoms with van der Waals surface area (Å²) < 4.78 is 8.89. The van der Waals surface area contributed by atoms with E-state index in [0.717, 1.165) is 39.9 Å². The van der Waals surface area contributed by atoms with Crippen LogP contribution in [0.25, 0.3) is 31.3 Å². The first kappa shape index (κ1) is 30.5. The Balaban J connectivity index is 1.15. The predicted octanol–water partition coefficient (Wildman–Crippen LogP) is 13.3. The van der Waals surface area contributed by atoms with Gasteiger partial charge in [0.2, 0.25) is 0 Å². The van der Waals surface area contributed by atoms with E-state index >= 15 is 0 Å². The molecule has 10 rings (SSSR count). The van der Waals surface area contributed by atoms with E-state index in [1.165, 1.54) is 36.9 Å². The third kappa shape index (κ3) is 5.28. The second kappa shape index (κ2) is 12.8. The highest BCUT2D eigenvalue weighted by molar-refractivity contribution is 7.26. The van der Waals surface area contributed by atoms with Crippen molar-refractivity contribution >= 4 is 59.9 Å². The summed E-state index contributed by atoms with van der Waals surface area (Å²) in [6.45, 7) is 0. The fourth-order valence-electron chi connectivity index (χ4n) is 7.77. The molecular weight excluding hydrogens is 653 g/mol. The average Bonchev–Trinajstić information content (AvgIpc) is 3.78. The Bertz CT molecular complexity index is 2570. The molecule has 3 nitrogen and oxygen atoms in total. The zero-order chi connectivity index (χ0) is 34.4. The van der Waals surface area contributed by atoms with Gasteiger partial charge in [0.1, 0.15) is 11.9 Å². The zero-order valence-corrected chi connectivity index (χ0v) is 29.2. The third-order valence-corrected chi connectivity index (χ3v) is 11.3. The topological polar surface area (TPSA) is 15.7 Å². The van der Waals surface area contributed by atoms with Gasteiger partial charge in [0.25, 0.3) is 0 Å². The Morgan fingerprint density at radius 2 is 1.13 bits per heavy atom. The van der Waals surface area contributed by atoms with Crippen molar-refractivity contribution in [3.8, 4) is 16.9 Å². The van der Waals surface area contributed by atoms with Gasteiger partial charge < -0.3 is 14.5 Å². The van der Waals surface area contributed by atoms with Gasteiger partial charge in [-0.3, -0.25) is 0 Å². The SMILES string of the molecule is C1=CC2Oc3ccccc3C2C=C1N(c1ccc(-c2ccccc2)cc1)c1ccc2sc3cccc(N(c4ccccc4)c4ccccc4)c3c2c1. The number of hydrogen-bond acceptors (Lipinski definition) is 4. The van der Waals surface area contributed by atoms with Crippen LogP contribution in [0.5, 0.6) is 5.75 Å². The van der Waals surface area contributed by atoms with Crippen molar-refractivity contribution in [2.24, 2.45) is 0 Å². The van der Waals surface area contributed by atoms with Crippen LogP contribution in [-0.4, -0.2) is 6.10 Å². The number of allylic oxidation sites excluding steroid dienone is 1. The molecule has 0 saturated carbocycles. The molecule has 0 fully saturated rings. The van der Waals surface area contributed by atoms with Gasteiger partial charge >= 0.3 is 0 Å². The maximum Gasteiger partial charge on any atom is 0.128 e. The molecule has 52 heavy (non-hydrogen) atoms. The van der Waals surface area contributed by atoms with Crippen molar-refractivity contribution in [3.05, 3.63) is 205 Å². The molecule has 0 radical (unpaired) electrons. The largest absolute Gasteiger partial charge is 0.485 e. The van der Waals surface area contributed by atoms with Crippen LogP contribution in [-0.2, 0) is 0 Å². The van der Waals surface area contributed by atoms with Crippen LogP contribution in [0.2, 0.25) is 0 Å². The van der Waals surface area contributed by atoms with E-state index in [0.29, 0.717) is 0 Å². The lowest BCUT2D eigenvalue weighted by Gasteiger charge is -2.30. The van der Waals surface area contributed by atoms with Crippen LogP contribution in [0.1, 0.15) is 11.5 Å². The van der Waals surface area contributed by atoms with Crippen molar-refractivity contribution in [3.63, 3.8) is 0 Å². The molecule has 2 unspecified atom stereocenters. The van der Waals surface area contributed by atoms with Crippen LogP contribution in [0, 0.1) is 0 Å². The number of hydrogen-bond donors (Lipinski definition) is 0. The molecule has 248 valence electrons. The van der Waals surface area contributed by atoms with Gasteiger partial charge in [0, 0.05) is 60.1 Å². The van der Waals surface area contributed by atoms with E-state index in [9.17, 15) is 0 Å². The molecule has 7 aromatic carbocycles. The first-order chi connectivity index (χ1) is 25.8. The number of rotatable bonds is 7. The molecule has 1 aliphatic carbocycles. The number of ether oxygens (including phenoxy) is 1. The molecule has 4 heteroatoms. The van der Waals surface area contributed by atoms with Crippen LogP contribution in [0.15, 0.2) is 200 Å². The van der Waals surface area contributed by atoms with Crippen LogP contribution < -0.4 is 14.5 Å². The summed E-state index contributed by atoms with van der Waals surface area (Å²) >= 11 is 1.85. The second-order valence-electron chi connectivity index (χ2n) is 13.3. The zero-order valence-electron chi connectivity index (χ0n) is 28.3. The maximum absolute atomic E-state index is 6.37. The van der Waals surface area contributed by atoms with Crippen molar-refractivity contribution in [2.75, 3.05) is 9.80 Å². The lowest BCUT2D eigenvalue weighted by Crippen LogP contribution is -2.23. The fourth-order valence-corrected chi connectivity index (χ4v) is 8.88. The van der Waals surface area contributed by atoms with Gasteiger partial charge in [-0.25, -0.2) is 0 Å².